The summed E-state index contributed by atoms with van der Waals surface area (Å²) in [6.07, 6.45) is -0.0247. The Morgan fingerprint density at radius 2 is 0.897 bits per heavy atom. The summed E-state index contributed by atoms with van der Waals surface area (Å²) in [4.78, 5) is 120. The Balaban J connectivity index is 0.000000240. The number of anilines is 1. The molecule has 0 radical (unpaired) electrons. The molecule has 4 saturated heterocycles. The summed E-state index contributed by atoms with van der Waals surface area (Å²) in [6, 6.07) is 22.7. The first-order valence-electron chi connectivity index (χ1n) is 35.3. The number of rotatable bonds is 13. The molecular formula is C74H101F6N15O12. The van der Waals surface area contributed by atoms with E-state index >= 15 is 0 Å². The van der Waals surface area contributed by atoms with Crippen LogP contribution in [0.3, 0.4) is 0 Å². The number of amides is 4. The van der Waals surface area contributed by atoms with Gasteiger partial charge in [-0.15, -0.1) is 0 Å². The number of aromatic nitrogens is 8. The number of benzene rings is 2. The molecule has 107 heavy (non-hydrogen) atoms. The van der Waals surface area contributed by atoms with Crippen LogP contribution in [0, 0.1) is 11.8 Å². The number of likely N-dealkylation sites (tertiary alicyclic amines) is 3. The molecule has 8 heterocycles. The van der Waals surface area contributed by atoms with Gasteiger partial charge in [0.1, 0.15) is 17.0 Å². The van der Waals surface area contributed by atoms with Crippen molar-refractivity contribution < 1.29 is 64.6 Å². The van der Waals surface area contributed by atoms with E-state index in [1.165, 1.54) is 67.3 Å². The van der Waals surface area contributed by atoms with Crippen LogP contribution in [-0.2, 0) is 94.9 Å². The molecule has 6 N–H and O–H groups in total. The lowest BCUT2D eigenvalue weighted by Crippen LogP contribution is -2.44. The number of aryl methyl sites for hydroxylation is 5. The van der Waals surface area contributed by atoms with Gasteiger partial charge in [0.25, 0.3) is 22.2 Å². The van der Waals surface area contributed by atoms with Gasteiger partial charge in [0.2, 0.25) is 17.7 Å². The fourth-order valence-corrected chi connectivity index (χ4v) is 11.6. The van der Waals surface area contributed by atoms with Crippen molar-refractivity contribution in [1.29, 1.82) is 0 Å². The molecule has 0 unspecified atom stereocenters. The minimum Gasteiger partial charge on any atom is -0.460 e. The van der Waals surface area contributed by atoms with Crippen molar-refractivity contribution in [3.05, 3.63) is 178 Å². The summed E-state index contributed by atoms with van der Waals surface area (Å²) in [5.74, 6) is 0.751. The standard InChI is InChI=1S/C21H24F3N3O2.C18H27N3O4.C12H18N4O2.C10H20N2O2.C8H5F3O.C5H7N3O/c1-26-19(28)9-8-17(25-26)14-20(29)27-12-10-15(11-13-27)6-7-16-4-2-3-5-18(16)21(22,23)24;1-18(2,3)25-17(24)11-13-7-9-21(10-8-13)16(23)12-14-5-6-15(22)20(4)19-14;1-15-11(17)3-2-10(14-15)8-12(18)16-6-4-9(13)5-7-16;1-10(2,3)14-9(13)12-8-4-6-11-7-5-8;9-8(10,11)7-4-2-1-3-6(7)5-12;1-8-5(9)3-2-4(6)7-8/h2-5,8-9,15H,6-7,10-14H2,1H3;5-6,13H,7-12H2,1-4H3;2-3,9H,4-8,13H2,1H3;8,11H,4-7H2,1-3H3,(H,12,13);1-5H;2-3H,1H3,(H2,6,7). The van der Waals surface area contributed by atoms with Crippen molar-refractivity contribution in [2.24, 2.45) is 45.8 Å². The number of nitrogens with one attached hydrogen (secondary N) is 2. The minimum atomic E-state index is -4.45. The number of carbonyl (C=O) groups is 6. The minimum absolute atomic E-state index is 0.00173. The number of piperidine rings is 4. The Kier molecular flexibility index (Phi) is 33.8. The highest BCUT2D eigenvalue weighted by atomic mass is 19.4. The number of carbonyl (C=O) groups excluding carboxylic acids is 6. The maximum Gasteiger partial charge on any atom is 0.417 e. The van der Waals surface area contributed by atoms with E-state index in [0.717, 1.165) is 82.7 Å². The fraction of sp³-hybridized carbons (Fsp3) is 0.541. The molecule has 4 aromatic heterocycles. The molecule has 4 aliphatic heterocycles. The summed E-state index contributed by atoms with van der Waals surface area (Å²) < 4.78 is 91.0. The van der Waals surface area contributed by atoms with Gasteiger partial charge in [0.05, 0.1) is 47.5 Å². The van der Waals surface area contributed by atoms with Gasteiger partial charge in [0.15, 0.2) is 6.29 Å². The summed E-state index contributed by atoms with van der Waals surface area (Å²) in [7, 11) is 6.24. The predicted molar refractivity (Wildman–Crippen MR) is 388 cm³/mol. The topological polar surface area (TPSA) is 346 Å². The van der Waals surface area contributed by atoms with Gasteiger partial charge < -0.3 is 46.3 Å². The molecule has 6 aromatic rings. The van der Waals surface area contributed by atoms with Gasteiger partial charge in [-0.1, -0.05) is 36.4 Å². The number of alkyl halides is 6. The van der Waals surface area contributed by atoms with Crippen LogP contribution in [-0.4, -0.2) is 166 Å². The average molecular weight is 1510 g/mol. The number of halogens is 6. The maximum atomic E-state index is 13.1. The smallest absolute Gasteiger partial charge is 0.417 e. The summed E-state index contributed by atoms with van der Waals surface area (Å²) >= 11 is 0. The summed E-state index contributed by atoms with van der Waals surface area (Å²) in [5, 5.41) is 22.0. The van der Waals surface area contributed by atoms with Gasteiger partial charge in [-0.25, -0.2) is 23.5 Å². The fourth-order valence-electron chi connectivity index (χ4n) is 11.6. The van der Waals surface area contributed by atoms with Crippen LogP contribution in [0.2, 0.25) is 0 Å². The first-order chi connectivity index (χ1) is 50.2. The summed E-state index contributed by atoms with van der Waals surface area (Å²) in [5.41, 5.74) is 9.75. The molecule has 27 nitrogen and oxygen atoms in total. The van der Waals surface area contributed by atoms with E-state index in [2.05, 4.69) is 31.0 Å². The predicted octanol–water partition coefficient (Wildman–Crippen LogP) is 6.92. The Morgan fingerprint density at radius 1 is 0.514 bits per heavy atom. The number of nitrogens with two attached hydrogens (primary N) is 2. The van der Waals surface area contributed by atoms with Crippen molar-refractivity contribution >= 4 is 41.9 Å². The highest BCUT2D eigenvalue weighted by Gasteiger charge is 2.35. The van der Waals surface area contributed by atoms with Crippen molar-refractivity contribution in [3.63, 3.8) is 0 Å². The van der Waals surface area contributed by atoms with Crippen molar-refractivity contribution in [1.82, 2.24) is 64.5 Å². The second kappa shape index (κ2) is 41.3. The third-order valence-electron chi connectivity index (χ3n) is 17.3. The number of nitrogen functional groups attached to an aromatic ring is 1. The van der Waals surface area contributed by atoms with Crippen LogP contribution in [0.5, 0.6) is 0 Å². The zero-order valence-electron chi connectivity index (χ0n) is 62.4. The maximum absolute atomic E-state index is 13.1. The van der Waals surface area contributed by atoms with Crippen LogP contribution < -0.4 is 44.3 Å². The quantitative estimate of drug-likeness (QED) is 0.0517. The number of hydrogen-bond acceptors (Lipinski definition) is 19. The molecule has 4 aliphatic rings. The third kappa shape index (κ3) is 32.0. The number of hydrogen-bond donors (Lipinski definition) is 4. The second-order valence-corrected chi connectivity index (χ2v) is 28.3. The van der Waals surface area contributed by atoms with E-state index in [0.29, 0.717) is 92.9 Å². The van der Waals surface area contributed by atoms with E-state index in [-0.39, 0.29) is 101 Å². The van der Waals surface area contributed by atoms with Crippen LogP contribution in [0.1, 0.15) is 150 Å². The number of ether oxygens (including phenoxy) is 2. The first kappa shape index (κ1) is 87.7. The number of alkyl carbamates (subject to hydrolysis) is 1. The molecule has 586 valence electrons. The van der Waals surface area contributed by atoms with E-state index in [1.807, 2.05) is 46.4 Å². The van der Waals surface area contributed by atoms with Gasteiger partial charge in [-0.3, -0.25) is 43.2 Å². The highest BCUT2D eigenvalue weighted by molar-refractivity contribution is 5.80. The van der Waals surface area contributed by atoms with E-state index in [1.54, 1.807) is 68.3 Å². The largest absolute Gasteiger partial charge is 0.460 e. The Bertz CT molecular complexity index is 4140. The normalized spacial score (nSPS) is 15.3. The van der Waals surface area contributed by atoms with Crippen LogP contribution >= 0.6 is 0 Å². The van der Waals surface area contributed by atoms with Crippen LogP contribution in [0.4, 0.5) is 37.0 Å². The Labute approximate surface area is 617 Å². The molecule has 33 heteroatoms. The molecule has 0 bridgehead atoms. The van der Waals surface area contributed by atoms with Crippen LogP contribution in [0.25, 0.3) is 0 Å². The second-order valence-electron chi connectivity index (χ2n) is 28.3. The number of esters is 1. The highest BCUT2D eigenvalue weighted by Crippen LogP contribution is 2.34. The monoisotopic (exact) mass is 1510 g/mol. The Morgan fingerprint density at radius 3 is 1.28 bits per heavy atom. The van der Waals surface area contributed by atoms with E-state index in [4.69, 9.17) is 20.9 Å². The zero-order chi connectivity index (χ0) is 79.4. The molecule has 10 rings (SSSR count). The van der Waals surface area contributed by atoms with Crippen molar-refractivity contribution in [3.8, 4) is 0 Å². The van der Waals surface area contributed by atoms with Gasteiger partial charge in [-0.05, 0) is 173 Å². The van der Waals surface area contributed by atoms with Gasteiger partial charge in [0, 0.05) is 116 Å². The van der Waals surface area contributed by atoms with Gasteiger partial charge >= 0.3 is 24.4 Å². The van der Waals surface area contributed by atoms with E-state index in [9.17, 15) is 74.3 Å². The van der Waals surface area contributed by atoms with Crippen molar-refractivity contribution in [2.45, 2.75) is 167 Å². The van der Waals surface area contributed by atoms with Crippen molar-refractivity contribution in [2.75, 3.05) is 58.1 Å². The molecule has 0 saturated carbocycles. The molecule has 0 spiro atoms. The number of nitrogens with zero attached hydrogens (tertiary/aromatic N) is 11. The zero-order valence-corrected chi connectivity index (χ0v) is 62.4. The van der Waals surface area contributed by atoms with Gasteiger partial charge in [-0.2, -0.15) is 46.7 Å². The lowest BCUT2D eigenvalue weighted by molar-refractivity contribution is -0.156. The number of aldehydes is 1. The molecule has 0 atom stereocenters. The molecule has 4 amide bonds. The molecule has 2 aromatic carbocycles. The lowest BCUT2D eigenvalue weighted by atomic mass is 9.89. The molecule has 0 aliphatic carbocycles. The SMILES string of the molecule is CC(C)(C)OC(=O)NC1CCNCC1.Cn1nc(CC(=O)N2CCC(CC(=O)OC(C)(C)C)CC2)ccc1=O.Cn1nc(CC(=O)N2CCC(CCc3ccccc3C(F)(F)F)CC2)ccc1=O.Cn1nc(CC(=O)N2CCC(N)CC2)ccc1=O.Cn1nc(N)ccc1=O.O=Cc1ccccc1C(F)(F)F. The Hall–Kier alpha value is -9.92. The average Bonchev–Trinajstić information content (AvgIpc) is 0.839. The first-order valence-corrected chi connectivity index (χ1v) is 35.3. The lowest BCUT2D eigenvalue weighted by Gasteiger charge is -2.32. The molecular weight excluding hydrogens is 1400 g/mol. The molecule has 4 fully saturated rings. The van der Waals surface area contributed by atoms with Crippen LogP contribution in [0.15, 0.2) is 116 Å². The summed E-state index contributed by atoms with van der Waals surface area (Å²) in [6.45, 7) is 17.0. The van der Waals surface area contributed by atoms with E-state index < -0.39 is 34.7 Å². The third-order valence-corrected chi connectivity index (χ3v) is 17.3.